The van der Waals surface area contributed by atoms with Crippen LogP contribution in [0.2, 0.25) is 0 Å². The number of hydrogen-bond donors (Lipinski definition) is 1. The van der Waals surface area contributed by atoms with E-state index in [0.717, 1.165) is 25.9 Å². The van der Waals surface area contributed by atoms with Gasteiger partial charge in [0.05, 0.1) is 21.3 Å². The number of ether oxygens (including phenoxy) is 3. The van der Waals surface area contributed by atoms with Crippen LogP contribution in [0.5, 0.6) is 17.2 Å². The lowest BCUT2D eigenvalue weighted by molar-refractivity contribution is -0.133. The summed E-state index contributed by atoms with van der Waals surface area (Å²) >= 11 is 0. The normalized spacial score (nSPS) is 13.9. The number of piperazine rings is 1. The second-order valence-electron chi connectivity index (χ2n) is 8.27. The summed E-state index contributed by atoms with van der Waals surface area (Å²) in [5.74, 6) is 1.59. The molecule has 0 radical (unpaired) electrons. The third-order valence-corrected chi connectivity index (χ3v) is 6.03. The zero-order valence-electron chi connectivity index (χ0n) is 20.3. The Morgan fingerprint density at radius 3 is 2.12 bits per heavy atom. The van der Waals surface area contributed by atoms with E-state index in [1.165, 1.54) is 26.9 Å². The molecule has 0 aliphatic carbocycles. The number of methoxy groups -OCH3 is 3. The number of rotatable bonds is 11. The maximum absolute atomic E-state index is 12.5. The molecule has 0 atom stereocenters. The van der Waals surface area contributed by atoms with E-state index >= 15 is 0 Å². The Morgan fingerprint density at radius 1 is 0.882 bits per heavy atom. The highest BCUT2D eigenvalue weighted by Crippen LogP contribution is 2.39. The number of carbonyl (C=O) groups excluding carboxylic acids is 2. The first-order chi connectivity index (χ1) is 16.5. The van der Waals surface area contributed by atoms with E-state index in [1.807, 2.05) is 23.1 Å². The minimum Gasteiger partial charge on any atom is -0.493 e. The Balaban J connectivity index is 1.38. The van der Waals surface area contributed by atoms with Gasteiger partial charge in [0.15, 0.2) is 11.5 Å². The van der Waals surface area contributed by atoms with Crippen LogP contribution in [0.25, 0.3) is 0 Å². The molecule has 1 saturated heterocycles. The quantitative estimate of drug-likeness (QED) is 0.544. The molecule has 8 nitrogen and oxygen atoms in total. The Hall–Kier alpha value is -3.26. The zero-order valence-corrected chi connectivity index (χ0v) is 20.3. The predicted molar refractivity (Wildman–Crippen MR) is 132 cm³/mol. The molecule has 0 saturated carbocycles. The summed E-state index contributed by atoms with van der Waals surface area (Å²) in [4.78, 5) is 29.2. The molecule has 2 aromatic rings. The van der Waals surface area contributed by atoms with Crippen LogP contribution in [-0.2, 0) is 16.0 Å². The van der Waals surface area contributed by atoms with E-state index in [1.54, 1.807) is 12.1 Å². The molecule has 34 heavy (non-hydrogen) atoms. The molecular formula is C26H35N3O5. The van der Waals surface area contributed by atoms with Gasteiger partial charge in [-0.1, -0.05) is 30.3 Å². The van der Waals surface area contributed by atoms with E-state index in [-0.39, 0.29) is 11.8 Å². The fourth-order valence-electron chi connectivity index (χ4n) is 4.10. The molecule has 2 amide bonds. The largest absolute Gasteiger partial charge is 0.493 e. The van der Waals surface area contributed by atoms with Crippen LogP contribution in [0.3, 0.4) is 0 Å². The van der Waals surface area contributed by atoms with Crippen LogP contribution in [-0.4, -0.2) is 75.7 Å². The molecule has 3 rings (SSSR count). The lowest BCUT2D eigenvalue weighted by Gasteiger charge is -2.34. The molecule has 1 heterocycles. The van der Waals surface area contributed by atoms with Gasteiger partial charge < -0.3 is 24.4 Å². The van der Waals surface area contributed by atoms with E-state index < -0.39 is 0 Å². The minimum absolute atomic E-state index is 0.0892. The number of aryl methyl sites for hydroxylation is 1. The van der Waals surface area contributed by atoms with Gasteiger partial charge in [-0.2, -0.15) is 0 Å². The minimum atomic E-state index is -0.0892. The van der Waals surface area contributed by atoms with Gasteiger partial charge in [-0.15, -0.1) is 0 Å². The first-order valence-corrected chi connectivity index (χ1v) is 11.7. The van der Waals surface area contributed by atoms with Crippen LogP contribution in [0.1, 0.15) is 24.8 Å². The first-order valence-electron chi connectivity index (χ1n) is 11.7. The van der Waals surface area contributed by atoms with Crippen molar-refractivity contribution < 1.29 is 23.8 Å². The monoisotopic (exact) mass is 469 g/mol. The van der Waals surface area contributed by atoms with Gasteiger partial charge in [-0.3, -0.25) is 14.5 Å². The van der Waals surface area contributed by atoms with Crippen molar-refractivity contribution in [1.29, 1.82) is 0 Å². The summed E-state index contributed by atoms with van der Waals surface area (Å²) in [6.45, 7) is 3.62. The van der Waals surface area contributed by atoms with Crippen molar-refractivity contribution in [3.63, 3.8) is 0 Å². The highest BCUT2D eigenvalue weighted by atomic mass is 16.5. The smallest absolute Gasteiger partial charge is 0.225 e. The number of anilines is 1. The molecule has 0 bridgehead atoms. The Labute approximate surface area is 201 Å². The fraction of sp³-hybridized carbons (Fsp3) is 0.462. The van der Waals surface area contributed by atoms with Crippen LogP contribution in [0, 0.1) is 0 Å². The van der Waals surface area contributed by atoms with Crippen molar-refractivity contribution in [3.05, 3.63) is 48.0 Å². The van der Waals surface area contributed by atoms with E-state index in [2.05, 4.69) is 22.3 Å². The summed E-state index contributed by atoms with van der Waals surface area (Å²) < 4.78 is 16.0. The molecule has 184 valence electrons. The summed E-state index contributed by atoms with van der Waals surface area (Å²) in [6.07, 6.45) is 2.73. The number of hydrogen-bond acceptors (Lipinski definition) is 6. The van der Waals surface area contributed by atoms with Crippen molar-refractivity contribution in [2.24, 2.45) is 0 Å². The topological polar surface area (TPSA) is 80.3 Å². The summed E-state index contributed by atoms with van der Waals surface area (Å²) in [7, 11) is 4.61. The molecule has 1 aliphatic rings. The van der Waals surface area contributed by atoms with Gasteiger partial charge in [0.25, 0.3) is 0 Å². The maximum Gasteiger partial charge on any atom is 0.225 e. The second-order valence-corrected chi connectivity index (χ2v) is 8.27. The molecule has 1 aliphatic heterocycles. The summed E-state index contributed by atoms with van der Waals surface area (Å²) in [5, 5.41) is 2.90. The van der Waals surface area contributed by atoms with Gasteiger partial charge in [0.2, 0.25) is 17.6 Å². The van der Waals surface area contributed by atoms with E-state index in [9.17, 15) is 9.59 Å². The van der Waals surface area contributed by atoms with Gasteiger partial charge in [0, 0.05) is 63.4 Å². The van der Waals surface area contributed by atoms with E-state index in [4.69, 9.17) is 14.2 Å². The Morgan fingerprint density at radius 2 is 1.53 bits per heavy atom. The van der Waals surface area contributed by atoms with Gasteiger partial charge in [0.1, 0.15) is 0 Å². The average Bonchev–Trinajstić information content (AvgIpc) is 2.87. The lowest BCUT2D eigenvalue weighted by atomic mass is 10.1. The molecular weight excluding hydrogens is 434 g/mol. The predicted octanol–water partition coefficient (Wildman–Crippen LogP) is 3.21. The van der Waals surface area contributed by atoms with Crippen molar-refractivity contribution in [1.82, 2.24) is 9.80 Å². The van der Waals surface area contributed by atoms with Crippen LogP contribution in [0.4, 0.5) is 5.69 Å². The summed E-state index contributed by atoms with van der Waals surface area (Å²) in [5.41, 5.74) is 1.86. The number of carbonyl (C=O) groups is 2. The highest BCUT2D eigenvalue weighted by molar-refractivity contribution is 5.91. The van der Waals surface area contributed by atoms with Gasteiger partial charge in [-0.05, 0) is 18.4 Å². The van der Waals surface area contributed by atoms with Crippen LogP contribution >= 0.6 is 0 Å². The molecule has 0 aromatic heterocycles. The third-order valence-electron chi connectivity index (χ3n) is 6.03. The summed E-state index contributed by atoms with van der Waals surface area (Å²) in [6, 6.07) is 13.7. The fourth-order valence-corrected chi connectivity index (χ4v) is 4.10. The number of benzene rings is 2. The number of amides is 2. The SMILES string of the molecule is COc1cc(NC(=O)CCN2CCN(C(=O)CCCc3ccccc3)CC2)cc(OC)c1OC. The molecule has 2 aromatic carbocycles. The van der Waals surface area contributed by atoms with Crippen molar-refractivity contribution in [2.75, 3.05) is 59.4 Å². The van der Waals surface area contributed by atoms with Crippen molar-refractivity contribution >= 4 is 17.5 Å². The maximum atomic E-state index is 12.5. The van der Waals surface area contributed by atoms with Crippen molar-refractivity contribution in [2.45, 2.75) is 25.7 Å². The second kappa shape index (κ2) is 12.8. The lowest BCUT2D eigenvalue weighted by Crippen LogP contribution is -2.49. The van der Waals surface area contributed by atoms with Crippen LogP contribution in [0.15, 0.2) is 42.5 Å². The first kappa shape index (κ1) is 25.4. The zero-order chi connectivity index (χ0) is 24.3. The van der Waals surface area contributed by atoms with E-state index in [0.29, 0.717) is 55.4 Å². The third kappa shape index (κ3) is 7.12. The molecule has 1 N–H and O–H groups in total. The highest BCUT2D eigenvalue weighted by Gasteiger charge is 2.21. The standard InChI is InChI=1S/C26H35N3O5/c1-32-22-18-21(19-23(33-2)26(22)34-3)27-24(30)12-13-28-14-16-29(17-15-28)25(31)11-7-10-20-8-5-4-6-9-20/h4-6,8-9,18-19H,7,10-17H2,1-3H3,(H,27,30). The molecule has 0 spiro atoms. The Bertz CT molecular complexity index is 918. The molecule has 8 heteroatoms. The molecule has 1 fully saturated rings. The molecule has 0 unspecified atom stereocenters. The number of nitrogens with zero attached hydrogens (tertiary/aromatic N) is 2. The van der Waals surface area contributed by atoms with Gasteiger partial charge >= 0.3 is 0 Å². The Kier molecular flexibility index (Phi) is 9.58. The average molecular weight is 470 g/mol. The van der Waals surface area contributed by atoms with Gasteiger partial charge in [-0.25, -0.2) is 0 Å². The van der Waals surface area contributed by atoms with Crippen LogP contribution < -0.4 is 19.5 Å². The van der Waals surface area contributed by atoms with Crippen molar-refractivity contribution in [3.8, 4) is 17.2 Å². The number of nitrogens with one attached hydrogen (secondary N) is 1.